The van der Waals surface area contributed by atoms with Gasteiger partial charge >= 0.3 is 0 Å². The van der Waals surface area contributed by atoms with Gasteiger partial charge in [-0.05, 0) is 42.3 Å². The predicted molar refractivity (Wildman–Crippen MR) is 102 cm³/mol. The molecule has 1 heterocycles. The van der Waals surface area contributed by atoms with E-state index in [0.29, 0.717) is 24.8 Å². The highest BCUT2D eigenvalue weighted by molar-refractivity contribution is 6.13. The van der Waals surface area contributed by atoms with Gasteiger partial charge in [-0.1, -0.05) is 25.1 Å². The highest BCUT2D eigenvalue weighted by atomic mass is 19.1. The largest absolute Gasteiger partial charge is 0.394 e. The van der Waals surface area contributed by atoms with Crippen molar-refractivity contribution in [3.05, 3.63) is 65.6 Å². The van der Waals surface area contributed by atoms with Gasteiger partial charge < -0.3 is 10.6 Å². The van der Waals surface area contributed by atoms with Crippen molar-refractivity contribution >= 4 is 16.6 Å². The summed E-state index contributed by atoms with van der Waals surface area (Å²) in [4.78, 5) is 5.30. The summed E-state index contributed by atoms with van der Waals surface area (Å²) in [5.41, 5.74) is 8.84. The Labute approximate surface area is 152 Å². The normalized spacial score (nSPS) is 12.1. The number of hydrogen-bond acceptors (Lipinski definition) is 4. The van der Waals surface area contributed by atoms with E-state index in [-0.39, 0.29) is 5.82 Å². The van der Waals surface area contributed by atoms with Gasteiger partial charge in [-0.25, -0.2) is 4.39 Å². The van der Waals surface area contributed by atoms with Crippen LogP contribution in [0.5, 0.6) is 0 Å². The van der Waals surface area contributed by atoms with E-state index in [9.17, 15) is 4.39 Å². The minimum atomic E-state index is -0.290. The molecule has 2 N–H and O–H groups in total. The molecular weight excluding hydrogens is 331 g/mol. The van der Waals surface area contributed by atoms with Crippen LogP contribution in [0.25, 0.3) is 10.9 Å². The van der Waals surface area contributed by atoms with Crippen LogP contribution in [0.1, 0.15) is 25.0 Å². The second-order valence-electron chi connectivity index (χ2n) is 6.56. The Balaban J connectivity index is 2.00. The van der Waals surface area contributed by atoms with Gasteiger partial charge in [0.1, 0.15) is 18.1 Å². The molecule has 0 saturated carbocycles. The molecule has 136 valence electrons. The lowest BCUT2D eigenvalue weighted by molar-refractivity contribution is 0.152. The van der Waals surface area contributed by atoms with Crippen LogP contribution in [0, 0.1) is 11.7 Å². The van der Waals surface area contributed by atoms with Gasteiger partial charge in [-0.2, -0.15) is 5.10 Å². The van der Waals surface area contributed by atoms with E-state index in [1.807, 2.05) is 29.1 Å². The number of oxime groups is 1. The van der Waals surface area contributed by atoms with E-state index < -0.39 is 0 Å². The fourth-order valence-electron chi connectivity index (χ4n) is 2.77. The molecule has 0 radical (unpaired) electrons. The van der Waals surface area contributed by atoms with Gasteiger partial charge in [0.05, 0.1) is 11.7 Å². The number of rotatable bonds is 7. The maximum Gasteiger partial charge on any atom is 0.129 e. The van der Waals surface area contributed by atoms with Crippen molar-refractivity contribution in [3.8, 4) is 0 Å². The Hall–Kier alpha value is -2.73. The third-order valence-electron chi connectivity index (χ3n) is 3.94. The van der Waals surface area contributed by atoms with Crippen LogP contribution >= 0.6 is 0 Å². The standard InChI is InChI=1S/C20H23FN4O/c1-14(2)13-25-19-8-5-16(11-17(19)12-23-25)20(24-26-10-9-22)15-3-6-18(21)7-4-15/h3-8,11-12,14H,9-10,13,22H2,1-2H3/b24-20+. The SMILES string of the molecule is CC(C)Cn1ncc2cc(/C(=N/OCCN)c3ccc(F)cc3)ccc21. The number of fused-ring (bicyclic) bond motifs is 1. The van der Waals surface area contributed by atoms with Gasteiger partial charge in [0.25, 0.3) is 0 Å². The maximum absolute atomic E-state index is 13.3. The molecule has 26 heavy (non-hydrogen) atoms. The molecule has 3 aromatic rings. The van der Waals surface area contributed by atoms with Crippen molar-refractivity contribution in [1.82, 2.24) is 9.78 Å². The molecular formula is C20H23FN4O. The predicted octanol–water partition coefficient (Wildman–Crippen LogP) is 3.56. The Morgan fingerprint density at radius 1 is 1.19 bits per heavy atom. The van der Waals surface area contributed by atoms with E-state index in [4.69, 9.17) is 10.6 Å². The zero-order valence-electron chi connectivity index (χ0n) is 15.0. The molecule has 0 aliphatic carbocycles. The molecule has 3 rings (SSSR count). The van der Waals surface area contributed by atoms with Crippen LogP contribution in [-0.4, -0.2) is 28.6 Å². The molecule has 0 bridgehead atoms. The first-order valence-corrected chi connectivity index (χ1v) is 8.70. The molecule has 6 heteroatoms. The van der Waals surface area contributed by atoms with Crippen LogP contribution in [0.3, 0.4) is 0 Å². The van der Waals surface area contributed by atoms with E-state index >= 15 is 0 Å². The van der Waals surface area contributed by atoms with Crippen molar-refractivity contribution in [2.75, 3.05) is 13.2 Å². The molecule has 0 saturated heterocycles. The average Bonchev–Trinajstić information content (AvgIpc) is 3.01. The summed E-state index contributed by atoms with van der Waals surface area (Å²) < 4.78 is 15.3. The number of benzene rings is 2. The summed E-state index contributed by atoms with van der Waals surface area (Å²) in [6.07, 6.45) is 1.85. The summed E-state index contributed by atoms with van der Waals surface area (Å²) in [5, 5.41) is 9.73. The van der Waals surface area contributed by atoms with Crippen LogP contribution in [0.15, 0.2) is 53.8 Å². The second-order valence-corrected chi connectivity index (χ2v) is 6.56. The first kappa shape index (κ1) is 18.1. The number of halogens is 1. The van der Waals surface area contributed by atoms with Gasteiger partial charge in [0.2, 0.25) is 0 Å². The van der Waals surface area contributed by atoms with Crippen LogP contribution < -0.4 is 5.73 Å². The van der Waals surface area contributed by atoms with E-state index in [1.54, 1.807) is 12.1 Å². The Bertz CT molecular complexity index is 900. The fourth-order valence-corrected chi connectivity index (χ4v) is 2.77. The quantitative estimate of drug-likeness (QED) is 0.401. The molecule has 0 spiro atoms. The summed E-state index contributed by atoms with van der Waals surface area (Å²) >= 11 is 0. The number of aromatic nitrogens is 2. The molecule has 1 aromatic heterocycles. The average molecular weight is 354 g/mol. The number of nitrogens with zero attached hydrogens (tertiary/aromatic N) is 3. The highest BCUT2D eigenvalue weighted by Gasteiger charge is 2.12. The van der Waals surface area contributed by atoms with Gasteiger partial charge in [0.15, 0.2) is 0 Å². The molecule has 5 nitrogen and oxygen atoms in total. The molecule has 0 aliphatic heterocycles. The second kappa shape index (κ2) is 8.10. The monoisotopic (exact) mass is 354 g/mol. The first-order chi connectivity index (χ1) is 12.6. The van der Waals surface area contributed by atoms with Crippen molar-refractivity contribution in [2.24, 2.45) is 16.8 Å². The van der Waals surface area contributed by atoms with Crippen molar-refractivity contribution in [3.63, 3.8) is 0 Å². The minimum Gasteiger partial charge on any atom is -0.394 e. The van der Waals surface area contributed by atoms with E-state index in [0.717, 1.165) is 28.6 Å². The zero-order chi connectivity index (χ0) is 18.5. The molecule has 2 aromatic carbocycles. The van der Waals surface area contributed by atoms with Gasteiger partial charge in [-0.3, -0.25) is 4.68 Å². The Morgan fingerprint density at radius 3 is 2.62 bits per heavy atom. The van der Waals surface area contributed by atoms with Crippen molar-refractivity contribution in [2.45, 2.75) is 20.4 Å². The lowest BCUT2D eigenvalue weighted by Crippen LogP contribution is -2.09. The lowest BCUT2D eigenvalue weighted by atomic mass is 10.0. The van der Waals surface area contributed by atoms with Crippen LogP contribution in [-0.2, 0) is 11.4 Å². The summed E-state index contributed by atoms with van der Waals surface area (Å²) in [6, 6.07) is 12.2. The summed E-state index contributed by atoms with van der Waals surface area (Å²) in [5.74, 6) is 0.222. The van der Waals surface area contributed by atoms with Gasteiger partial charge in [-0.15, -0.1) is 0 Å². The Kier molecular flexibility index (Phi) is 5.63. The van der Waals surface area contributed by atoms with Crippen molar-refractivity contribution in [1.29, 1.82) is 0 Å². The number of hydrogen-bond donors (Lipinski definition) is 1. The van der Waals surface area contributed by atoms with Gasteiger partial charge in [0, 0.05) is 29.6 Å². The molecule has 0 aliphatic rings. The van der Waals surface area contributed by atoms with E-state index in [2.05, 4.69) is 24.1 Å². The molecule has 0 fully saturated rings. The van der Waals surface area contributed by atoms with Crippen LogP contribution in [0.4, 0.5) is 4.39 Å². The smallest absolute Gasteiger partial charge is 0.129 e. The topological polar surface area (TPSA) is 65.4 Å². The zero-order valence-corrected chi connectivity index (χ0v) is 15.0. The molecule has 0 amide bonds. The Morgan fingerprint density at radius 2 is 1.92 bits per heavy atom. The minimum absolute atomic E-state index is 0.290. The third-order valence-corrected chi connectivity index (χ3v) is 3.94. The first-order valence-electron chi connectivity index (χ1n) is 8.70. The highest BCUT2D eigenvalue weighted by Crippen LogP contribution is 2.20. The number of nitrogens with two attached hydrogens (primary N) is 1. The van der Waals surface area contributed by atoms with E-state index in [1.165, 1.54) is 12.1 Å². The van der Waals surface area contributed by atoms with Crippen molar-refractivity contribution < 1.29 is 9.23 Å². The summed E-state index contributed by atoms with van der Waals surface area (Å²) in [7, 11) is 0. The maximum atomic E-state index is 13.3. The molecule has 0 unspecified atom stereocenters. The molecule has 0 atom stereocenters. The van der Waals surface area contributed by atoms with Crippen LogP contribution in [0.2, 0.25) is 0 Å². The fraction of sp³-hybridized carbons (Fsp3) is 0.300. The lowest BCUT2D eigenvalue weighted by Gasteiger charge is -2.09. The summed E-state index contributed by atoms with van der Waals surface area (Å²) in [6.45, 7) is 5.88. The third kappa shape index (κ3) is 4.08.